The van der Waals surface area contributed by atoms with Crippen LogP contribution in [0.3, 0.4) is 0 Å². The van der Waals surface area contributed by atoms with Crippen molar-refractivity contribution in [1.82, 2.24) is 10.4 Å². The second-order valence-corrected chi connectivity index (χ2v) is 6.76. The molecule has 1 aliphatic heterocycles. The van der Waals surface area contributed by atoms with Gasteiger partial charge in [0.2, 0.25) is 0 Å². The van der Waals surface area contributed by atoms with Crippen LogP contribution >= 0.6 is 0 Å². The highest BCUT2D eigenvalue weighted by atomic mass is 19.4. The summed E-state index contributed by atoms with van der Waals surface area (Å²) in [7, 11) is 0. The Balaban J connectivity index is 1.88. The van der Waals surface area contributed by atoms with Crippen LogP contribution in [0.4, 0.5) is 18.9 Å². The summed E-state index contributed by atoms with van der Waals surface area (Å²) < 4.78 is 43.5. The number of pyridine rings is 1. The third kappa shape index (κ3) is 2.97. The summed E-state index contributed by atoms with van der Waals surface area (Å²) in [5, 5.41) is 14.8. The van der Waals surface area contributed by atoms with Gasteiger partial charge in [0.25, 0.3) is 11.6 Å². The number of nitro benzene ring substituents is 1. The molecule has 7 nitrogen and oxygen atoms in total. The summed E-state index contributed by atoms with van der Waals surface area (Å²) in [6.45, 7) is 0. The molecule has 0 aliphatic carbocycles. The second kappa shape index (κ2) is 6.90. The Bertz CT molecular complexity index is 1190. The molecular formula is C20H13F3N4O3. The minimum atomic E-state index is -4.94. The number of nitrogens with zero attached hydrogens (tertiary/aromatic N) is 3. The van der Waals surface area contributed by atoms with E-state index < -0.39 is 28.8 Å². The zero-order chi connectivity index (χ0) is 21.5. The van der Waals surface area contributed by atoms with Crippen molar-refractivity contribution in [3.8, 4) is 0 Å². The van der Waals surface area contributed by atoms with Crippen LogP contribution in [-0.4, -0.2) is 27.7 Å². The Hall–Kier alpha value is -3.82. The third-order valence-electron chi connectivity index (χ3n) is 5.11. The molecule has 0 saturated heterocycles. The normalized spacial score (nSPS) is 19.3. The highest BCUT2D eigenvalue weighted by molar-refractivity contribution is 6.09. The van der Waals surface area contributed by atoms with E-state index in [9.17, 15) is 28.1 Å². The minimum Gasteiger partial charge on any atom is -0.272 e. The van der Waals surface area contributed by atoms with Crippen LogP contribution in [0.5, 0.6) is 0 Å². The molecule has 30 heavy (non-hydrogen) atoms. The number of amides is 1. The number of aromatic nitrogens is 1. The highest BCUT2D eigenvalue weighted by Gasteiger charge is 2.63. The van der Waals surface area contributed by atoms with E-state index in [4.69, 9.17) is 0 Å². The predicted molar refractivity (Wildman–Crippen MR) is 102 cm³/mol. The number of hydrogen-bond acceptors (Lipinski definition) is 5. The Morgan fingerprint density at radius 1 is 1.07 bits per heavy atom. The fourth-order valence-electron chi connectivity index (χ4n) is 3.60. The van der Waals surface area contributed by atoms with E-state index in [0.29, 0.717) is 5.52 Å². The van der Waals surface area contributed by atoms with E-state index in [1.54, 1.807) is 6.07 Å². The number of alkyl halides is 3. The van der Waals surface area contributed by atoms with Crippen molar-refractivity contribution in [2.24, 2.45) is 5.10 Å². The van der Waals surface area contributed by atoms with Gasteiger partial charge in [0, 0.05) is 30.1 Å². The molecule has 1 aliphatic rings. The van der Waals surface area contributed by atoms with Crippen molar-refractivity contribution < 1.29 is 22.9 Å². The number of hydrazone groups is 1. The Kier molecular flexibility index (Phi) is 4.49. The molecule has 0 spiro atoms. The average molecular weight is 414 g/mol. The van der Waals surface area contributed by atoms with Gasteiger partial charge in [-0.2, -0.15) is 18.3 Å². The van der Waals surface area contributed by atoms with E-state index in [-0.39, 0.29) is 27.9 Å². The summed E-state index contributed by atoms with van der Waals surface area (Å²) in [6.07, 6.45) is -4.24. The maximum absolute atomic E-state index is 14.5. The van der Waals surface area contributed by atoms with Gasteiger partial charge in [0.1, 0.15) is 0 Å². The molecular weight excluding hydrogens is 401 g/mol. The first-order valence-electron chi connectivity index (χ1n) is 8.77. The van der Waals surface area contributed by atoms with Crippen molar-refractivity contribution >= 4 is 28.2 Å². The van der Waals surface area contributed by atoms with Gasteiger partial charge in [-0.1, -0.05) is 18.2 Å². The molecule has 1 amide bonds. The molecule has 0 saturated carbocycles. The Morgan fingerprint density at radius 2 is 1.80 bits per heavy atom. The monoisotopic (exact) mass is 414 g/mol. The highest BCUT2D eigenvalue weighted by Crippen LogP contribution is 2.48. The number of benzene rings is 2. The predicted octanol–water partition coefficient (Wildman–Crippen LogP) is 3.87. The van der Waals surface area contributed by atoms with Gasteiger partial charge in [0.05, 0.1) is 16.2 Å². The van der Waals surface area contributed by atoms with Crippen LogP contribution in [0.2, 0.25) is 0 Å². The lowest BCUT2D eigenvalue weighted by Crippen LogP contribution is -2.57. The van der Waals surface area contributed by atoms with Gasteiger partial charge in [-0.15, -0.1) is 0 Å². The maximum atomic E-state index is 14.5. The van der Waals surface area contributed by atoms with E-state index in [2.05, 4.69) is 10.1 Å². The van der Waals surface area contributed by atoms with Gasteiger partial charge < -0.3 is 0 Å². The summed E-state index contributed by atoms with van der Waals surface area (Å²) in [4.78, 5) is 27.0. The number of fused-ring (bicyclic) bond motifs is 1. The van der Waals surface area contributed by atoms with E-state index in [0.717, 1.165) is 0 Å². The quantitative estimate of drug-likeness (QED) is 0.520. The molecule has 0 radical (unpaired) electrons. The van der Waals surface area contributed by atoms with Crippen molar-refractivity contribution in [3.05, 3.63) is 82.0 Å². The molecule has 10 heteroatoms. The van der Waals surface area contributed by atoms with Crippen molar-refractivity contribution in [2.75, 3.05) is 0 Å². The van der Waals surface area contributed by atoms with Gasteiger partial charge in [-0.05, 0) is 35.4 Å². The average Bonchev–Trinajstić information content (AvgIpc) is 2.73. The minimum absolute atomic E-state index is 0.0392. The molecule has 2 heterocycles. The number of hydrogen-bond donors (Lipinski definition) is 1. The number of rotatable bonds is 3. The zero-order valence-corrected chi connectivity index (χ0v) is 15.2. The number of halogens is 3. The molecule has 152 valence electrons. The molecule has 1 N–H and O–H groups in total. The molecule has 4 rings (SSSR count). The SMILES string of the molecule is O=C1NN=C(c2ccc([N+](=O)[O-])cc2)CC1(c1cccc2ncccc12)C(F)(F)F. The number of nitro groups is 1. The Labute approximate surface area is 167 Å². The standard InChI is InChI=1S/C20H13F3N4O3/c21-20(22,23)19(15-4-1-5-16-14(15)3-2-10-24-16)11-17(25-26-18(19)28)12-6-8-13(9-7-12)27(29)30/h1-10H,11H2,(H,26,28). The van der Waals surface area contributed by atoms with E-state index in [1.165, 1.54) is 54.7 Å². The number of nitrogens with one attached hydrogen (secondary N) is 1. The largest absolute Gasteiger partial charge is 0.407 e. The van der Waals surface area contributed by atoms with Gasteiger partial charge in [-0.25, -0.2) is 5.43 Å². The molecule has 1 aromatic heterocycles. The molecule has 2 aromatic carbocycles. The summed E-state index contributed by atoms with van der Waals surface area (Å²) in [6, 6.07) is 12.2. The van der Waals surface area contributed by atoms with Crippen LogP contribution < -0.4 is 5.43 Å². The molecule has 3 aromatic rings. The molecule has 1 unspecified atom stereocenters. The van der Waals surface area contributed by atoms with Crippen LogP contribution in [0.1, 0.15) is 17.5 Å². The zero-order valence-electron chi connectivity index (χ0n) is 15.2. The second-order valence-electron chi connectivity index (χ2n) is 6.76. The van der Waals surface area contributed by atoms with Crippen LogP contribution in [-0.2, 0) is 10.2 Å². The third-order valence-corrected chi connectivity index (χ3v) is 5.11. The van der Waals surface area contributed by atoms with Gasteiger partial charge in [0.15, 0.2) is 5.41 Å². The molecule has 1 atom stereocenters. The van der Waals surface area contributed by atoms with Crippen molar-refractivity contribution in [1.29, 1.82) is 0 Å². The number of non-ortho nitro benzene ring substituents is 1. The van der Waals surface area contributed by atoms with Gasteiger partial charge >= 0.3 is 6.18 Å². The first-order valence-corrected chi connectivity index (χ1v) is 8.77. The van der Waals surface area contributed by atoms with Crippen molar-refractivity contribution in [3.63, 3.8) is 0 Å². The summed E-state index contributed by atoms with van der Waals surface area (Å²) in [5.41, 5.74) is -0.799. The lowest BCUT2D eigenvalue weighted by molar-refractivity contribution is -0.384. The Morgan fingerprint density at radius 3 is 2.47 bits per heavy atom. The lowest BCUT2D eigenvalue weighted by atomic mass is 9.71. The number of carbonyl (C=O) groups excluding carboxylic acids is 1. The summed E-state index contributed by atoms with van der Waals surface area (Å²) >= 11 is 0. The first-order chi connectivity index (χ1) is 14.2. The fraction of sp³-hybridized carbons (Fsp3) is 0.150. The van der Waals surface area contributed by atoms with Crippen molar-refractivity contribution in [2.45, 2.75) is 18.0 Å². The van der Waals surface area contributed by atoms with E-state index in [1.807, 2.05) is 5.43 Å². The lowest BCUT2D eigenvalue weighted by Gasteiger charge is -2.37. The maximum Gasteiger partial charge on any atom is 0.407 e. The fourth-order valence-corrected chi connectivity index (χ4v) is 3.60. The van der Waals surface area contributed by atoms with Crippen LogP contribution in [0, 0.1) is 10.1 Å². The van der Waals surface area contributed by atoms with E-state index >= 15 is 0 Å². The van der Waals surface area contributed by atoms with Crippen LogP contribution in [0.15, 0.2) is 65.9 Å². The molecule has 0 bridgehead atoms. The smallest absolute Gasteiger partial charge is 0.272 e. The first kappa shape index (κ1) is 19.5. The summed E-state index contributed by atoms with van der Waals surface area (Å²) in [5.74, 6) is -1.29. The van der Waals surface area contributed by atoms with Crippen LogP contribution in [0.25, 0.3) is 10.9 Å². The topological polar surface area (TPSA) is 97.5 Å². The molecule has 0 fully saturated rings. The number of carbonyl (C=O) groups is 1. The van der Waals surface area contributed by atoms with Gasteiger partial charge in [-0.3, -0.25) is 19.9 Å².